The number of aromatic nitrogens is 2. The Labute approximate surface area is 128 Å². The van der Waals surface area contributed by atoms with Crippen molar-refractivity contribution in [3.05, 3.63) is 54.1 Å². The Morgan fingerprint density at radius 2 is 1.81 bits per heavy atom. The highest BCUT2D eigenvalue weighted by atomic mass is 32.2. The Kier molecular flexibility index (Phi) is 3.71. The number of rotatable bonds is 3. The minimum absolute atomic E-state index is 0.532. The van der Waals surface area contributed by atoms with E-state index in [1.807, 2.05) is 6.07 Å². The van der Waals surface area contributed by atoms with Crippen LogP contribution in [-0.2, 0) is 0 Å². The first-order valence-electron chi connectivity index (χ1n) is 6.74. The van der Waals surface area contributed by atoms with Crippen LogP contribution >= 0.6 is 11.8 Å². The zero-order valence-corrected chi connectivity index (χ0v) is 12.9. The van der Waals surface area contributed by atoms with Gasteiger partial charge in [0, 0.05) is 10.5 Å². The van der Waals surface area contributed by atoms with Gasteiger partial charge in [-0.15, -0.1) is 11.8 Å². The molecule has 0 atom stereocenters. The van der Waals surface area contributed by atoms with E-state index >= 15 is 0 Å². The van der Waals surface area contributed by atoms with Crippen molar-refractivity contribution in [1.82, 2.24) is 10.2 Å². The van der Waals surface area contributed by atoms with Crippen LogP contribution in [0.2, 0.25) is 0 Å². The minimum Gasteiger partial charge on any atom is -0.382 e. The van der Waals surface area contributed by atoms with E-state index in [1.165, 1.54) is 10.5 Å². The molecule has 0 aliphatic carbocycles. The molecule has 1 aromatic heterocycles. The third-order valence-corrected chi connectivity index (χ3v) is 4.22. The van der Waals surface area contributed by atoms with Gasteiger partial charge in [-0.25, -0.2) is 0 Å². The lowest BCUT2D eigenvalue weighted by Crippen LogP contribution is -1.89. The maximum Gasteiger partial charge on any atom is 0.153 e. The van der Waals surface area contributed by atoms with Crippen molar-refractivity contribution < 1.29 is 0 Å². The summed E-state index contributed by atoms with van der Waals surface area (Å²) in [4.78, 5) is 1.24. The average molecular weight is 295 g/mol. The molecule has 0 aliphatic heterocycles. The second-order valence-electron chi connectivity index (χ2n) is 4.96. The van der Waals surface area contributed by atoms with Gasteiger partial charge in [-0.1, -0.05) is 42.0 Å². The number of anilines is 1. The van der Waals surface area contributed by atoms with Gasteiger partial charge in [0.15, 0.2) is 5.82 Å². The summed E-state index contributed by atoms with van der Waals surface area (Å²) in [6, 6.07) is 16.7. The molecule has 0 saturated carbocycles. The zero-order chi connectivity index (χ0) is 14.8. The molecule has 4 heteroatoms. The molecule has 3 aromatic rings. The van der Waals surface area contributed by atoms with Gasteiger partial charge < -0.3 is 5.73 Å². The molecule has 1 heterocycles. The molecule has 0 fully saturated rings. The van der Waals surface area contributed by atoms with Crippen LogP contribution in [0.15, 0.2) is 53.4 Å². The number of nitrogens with two attached hydrogens (primary N) is 1. The number of hydrogen-bond acceptors (Lipinski definition) is 3. The topological polar surface area (TPSA) is 54.7 Å². The van der Waals surface area contributed by atoms with Crippen LogP contribution in [0.25, 0.3) is 22.4 Å². The molecule has 3 rings (SSSR count). The Hall–Kier alpha value is -2.20. The molecule has 3 nitrogen and oxygen atoms in total. The Balaban J connectivity index is 2.12. The number of aryl methyl sites for hydroxylation is 1. The summed E-state index contributed by atoms with van der Waals surface area (Å²) in [5, 5.41) is 7.25. The van der Waals surface area contributed by atoms with Crippen molar-refractivity contribution in [2.75, 3.05) is 12.0 Å². The monoisotopic (exact) mass is 295 g/mol. The summed E-state index contributed by atoms with van der Waals surface area (Å²) in [7, 11) is 0. The van der Waals surface area contributed by atoms with E-state index in [2.05, 4.69) is 65.8 Å². The van der Waals surface area contributed by atoms with E-state index in [9.17, 15) is 0 Å². The molecule has 0 aliphatic rings. The van der Waals surface area contributed by atoms with Crippen molar-refractivity contribution in [2.24, 2.45) is 0 Å². The third-order valence-electron chi connectivity index (χ3n) is 3.48. The first-order chi connectivity index (χ1) is 10.2. The summed E-state index contributed by atoms with van der Waals surface area (Å²) < 4.78 is 0. The van der Waals surface area contributed by atoms with Crippen LogP contribution in [0.5, 0.6) is 0 Å². The van der Waals surface area contributed by atoms with E-state index < -0.39 is 0 Å². The number of nitrogens with one attached hydrogen (secondary N) is 1. The molecule has 0 saturated heterocycles. The number of nitrogen functional groups attached to an aromatic ring is 1. The number of thioether (sulfide) groups is 1. The normalized spacial score (nSPS) is 10.8. The van der Waals surface area contributed by atoms with E-state index in [4.69, 9.17) is 5.73 Å². The van der Waals surface area contributed by atoms with Gasteiger partial charge in [0.25, 0.3) is 0 Å². The minimum atomic E-state index is 0.532. The van der Waals surface area contributed by atoms with Gasteiger partial charge in [-0.2, -0.15) is 5.10 Å². The van der Waals surface area contributed by atoms with E-state index in [1.54, 1.807) is 11.8 Å². The smallest absolute Gasteiger partial charge is 0.153 e. The van der Waals surface area contributed by atoms with Gasteiger partial charge in [-0.3, -0.25) is 5.10 Å². The predicted molar refractivity (Wildman–Crippen MR) is 90.4 cm³/mol. The predicted octanol–water partition coefficient (Wildman–Crippen LogP) is 4.36. The van der Waals surface area contributed by atoms with Crippen molar-refractivity contribution in [3.8, 4) is 22.4 Å². The van der Waals surface area contributed by atoms with Crippen LogP contribution in [0.3, 0.4) is 0 Å². The largest absolute Gasteiger partial charge is 0.382 e. The Morgan fingerprint density at radius 3 is 2.48 bits per heavy atom. The second kappa shape index (κ2) is 5.66. The van der Waals surface area contributed by atoms with E-state index in [0.717, 1.165) is 22.4 Å². The van der Waals surface area contributed by atoms with Gasteiger partial charge in [0.2, 0.25) is 0 Å². The summed E-state index contributed by atoms with van der Waals surface area (Å²) in [5.41, 5.74) is 11.4. The van der Waals surface area contributed by atoms with E-state index in [-0.39, 0.29) is 0 Å². The third kappa shape index (κ3) is 2.67. The molecule has 3 N–H and O–H groups in total. The van der Waals surface area contributed by atoms with Crippen molar-refractivity contribution in [1.29, 1.82) is 0 Å². The van der Waals surface area contributed by atoms with Crippen molar-refractivity contribution in [2.45, 2.75) is 11.8 Å². The lowest BCUT2D eigenvalue weighted by molar-refractivity contribution is 1.10. The molecule has 0 bridgehead atoms. The number of benzene rings is 2. The maximum atomic E-state index is 6.07. The van der Waals surface area contributed by atoms with Crippen LogP contribution in [0.1, 0.15) is 5.56 Å². The fourth-order valence-corrected chi connectivity index (χ4v) is 2.82. The molecule has 0 unspecified atom stereocenters. The Bertz CT molecular complexity index is 760. The molecule has 21 heavy (non-hydrogen) atoms. The van der Waals surface area contributed by atoms with Crippen LogP contribution in [0.4, 0.5) is 5.82 Å². The fraction of sp³-hybridized carbons (Fsp3) is 0.118. The Morgan fingerprint density at radius 1 is 1.05 bits per heavy atom. The van der Waals surface area contributed by atoms with E-state index in [0.29, 0.717) is 5.82 Å². The highest BCUT2D eigenvalue weighted by Crippen LogP contribution is 2.35. The highest BCUT2D eigenvalue weighted by molar-refractivity contribution is 7.98. The first-order valence-corrected chi connectivity index (χ1v) is 7.97. The van der Waals surface area contributed by atoms with Crippen molar-refractivity contribution >= 4 is 17.6 Å². The zero-order valence-electron chi connectivity index (χ0n) is 12.1. The number of aromatic amines is 1. The first kappa shape index (κ1) is 13.8. The molecule has 106 valence electrons. The quantitative estimate of drug-likeness (QED) is 0.706. The lowest BCUT2D eigenvalue weighted by atomic mass is 9.99. The summed E-state index contributed by atoms with van der Waals surface area (Å²) in [5.74, 6) is 0.532. The SMILES string of the molecule is CSc1ccc(-c2[nH]nc(N)c2-c2cccc(C)c2)cc1. The molecule has 0 spiro atoms. The average Bonchev–Trinajstić information content (AvgIpc) is 2.89. The van der Waals surface area contributed by atoms with Crippen LogP contribution in [-0.4, -0.2) is 16.5 Å². The number of hydrogen-bond donors (Lipinski definition) is 2. The number of nitrogens with zero attached hydrogens (tertiary/aromatic N) is 1. The summed E-state index contributed by atoms with van der Waals surface area (Å²) in [6.45, 7) is 2.08. The van der Waals surface area contributed by atoms with Crippen LogP contribution < -0.4 is 5.73 Å². The maximum absolute atomic E-state index is 6.07. The second-order valence-corrected chi connectivity index (χ2v) is 5.84. The molecule has 0 radical (unpaired) electrons. The molecule has 0 amide bonds. The molecule has 2 aromatic carbocycles. The molecular formula is C17H17N3S. The van der Waals surface area contributed by atoms with Gasteiger partial charge in [0.05, 0.1) is 11.3 Å². The van der Waals surface area contributed by atoms with Crippen LogP contribution in [0, 0.1) is 6.92 Å². The highest BCUT2D eigenvalue weighted by Gasteiger charge is 2.14. The summed E-state index contributed by atoms with van der Waals surface area (Å²) >= 11 is 1.73. The lowest BCUT2D eigenvalue weighted by Gasteiger charge is -2.06. The standard InChI is InChI=1S/C17H17N3S/c1-11-4-3-5-13(10-11)15-16(19-20-17(15)18)12-6-8-14(21-2)9-7-12/h3-10H,1-2H3,(H3,18,19,20). The van der Waals surface area contributed by atoms with Gasteiger partial charge in [0.1, 0.15) is 0 Å². The fourth-order valence-electron chi connectivity index (χ4n) is 2.42. The van der Waals surface area contributed by atoms with Gasteiger partial charge in [-0.05, 0) is 30.9 Å². The molecular weight excluding hydrogens is 278 g/mol. The summed E-state index contributed by atoms with van der Waals surface area (Å²) in [6.07, 6.45) is 2.07. The van der Waals surface area contributed by atoms with Crippen molar-refractivity contribution in [3.63, 3.8) is 0 Å². The number of H-pyrrole nitrogens is 1. The van der Waals surface area contributed by atoms with Gasteiger partial charge >= 0.3 is 0 Å².